The van der Waals surface area contributed by atoms with E-state index >= 15 is 0 Å². The molecular formula is C19H13ClO3. The fourth-order valence-electron chi connectivity index (χ4n) is 2.05. The SMILES string of the molecule is O=C(Cl)c1cc(Oc2ccccc2)cc(Oc2ccccc2)c1. The van der Waals surface area contributed by atoms with E-state index in [2.05, 4.69) is 0 Å². The maximum atomic E-state index is 11.5. The van der Waals surface area contributed by atoms with Crippen LogP contribution < -0.4 is 9.47 Å². The van der Waals surface area contributed by atoms with Crippen LogP contribution >= 0.6 is 11.6 Å². The van der Waals surface area contributed by atoms with Gasteiger partial charge in [-0.3, -0.25) is 4.79 Å². The first-order valence-electron chi connectivity index (χ1n) is 7.01. The van der Waals surface area contributed by atoms with E-state index in [1.807, 2.05) is 60.7 Å². The second kappa shape index (κ2) is 6.99. The van der Waals surface area contributed by atoms with E-state index in [-0.39, 0.29) is 0 Å². The van der Waals surface area contributed by atoms with Gasteiger partial charge < -0.3 is 9.47 Å². The Morgan fingerprint density at radius 1 is 0.652 bits per heavy atom. The van der Waals surface area contributed by atoms with Crippen LogP contribution in [0.2, 0.25) is 0 Å². The highest BCUT2D eigenvalue weighted by molar-refractivity contribution is 6.67. The van der Waals surface area contributed by atoms with Crippen molar-refractivity contribution in [3.05, 3.63) is 84.4 Å². The molecule has 3 rings (SSSR count). The predicted molar refractivity (Wildman–Crippen MR) is 89.7 cm³/mol. The summed E-state index contributed by atoms with van der Waals surface area (Å²) in [5, 5.41) is -0.568. The van der Waals surface area contributed by atoms with Crippen LogP contribution in [-0.2, 0) is 0 Å². The Morgan fingerprint density at radius 3 is 1.48 bits per heavy atom. The molecule has 3 aromatic carbocycles. The first-order valence-corrected chi connectivity index (χ1v) is 7.39. The lowest BCUT2D eigenvalue weighted by molar-refractivity contribution is 0.108. The first-order chi connectivity index (χ1) is 11.2. The van der Waals surface area contributed by atoms with Gasteiger partial charge in [0, 0.05) is 11.6 Å². The van der Waals surface area contributed by atoms with Gasteiger partial charge in [0.1, 0.15) is 23.0 Å². The molecule has 0 unspecified atom stereocenters. The summed E-state index contributed by atoms with van der Waals surface area (Å²) in [6, 6.07) is 23.5. The van der Waals surface area contributed by atoms with Gasteiger partial charge in [-0.1, -0.05) is 36.4 Å². The van der Waals surface area contributed by atoms with Gasteiger partial charge in [-0.15, -0.1) is 0 Å². The van der Waals surface area contributed by atoms with Gasteiger partial charge in [0.25, 0.3) is 5.24 Å². The molecule has 0 N–H and O–H groups in total. The number of carbonyl (C=O) groups is 1. The Morgan fingerprint density at radius 2 is 1.09 bits per heavy atom. The number of para-hydroxylation sites is 2. The average Bonchev–Trinajstić information content (AvgIpc) is 2.56. The molecule has 0 heterocycles. The summed E-state index contributed by atoms with van der Waals surface area (Å²) < 4.78 is 11.5. The molecule has 0 radical (unpaired) electrons. The summed E-state index contributed by atoms with van der Waals surface area (Å²) >= 11 is 5.60. The van der Waals surface area contributed by atoms with Crippen molar-refractivity contribution in [3.8, 4) is 23.0 Å². The third kappa shape index (κ3) is 4.11. The maximum Gasteiger partial charge on any atom is 0.252 e. The van der Waals surface area contributed by atoms with Gasteiger partial charge in [-0.05, 0) is 48.0 Å². The molecule has 3 aromatic rings. The molecule has 4 heteroatoms. The fourth-order valence-corrected chi connectivity index (χ4v) is 2.16. The topological polar surface area (TPSA) is 35.5 Å². The van der Waals surface area contributed by atoms with Gasteiger partial charge in [-0.25, -0.2) is 0 Å². The van der Waals surface area contributed by atoms with E-state index in [1.165, 1.54) is 0 Å². The van der Waals surface area contributed by atoms with Crippen molar-refractivity contribution in [1.29, 1.82) is 0 Å². The molecule has 0 aliphatic carbocycles. The Hall–Kier alpha value is -2.78. The number of hydrogen-bond acceptors (Lipinski definition) is 3. The molecule has 3 nitrogen and oxygen atoms in total. The van der Waals surface area contributed by atoms with Crippen molar-refractivity contribution in [3.63, 3.8) is 0 Å². The van der Waals surface area contributed by atoms with Gasteiger partial charge >= 0.3 is 0 Å². The normalized spacial score (nSPS) is 10.1. The zero-order valence-electron chi connectivity index (χ0n) is 12.1. The summed E-state index contributed by atoms with van der Waals surface area (Å²) in [6.07, 6.45) is 0. The minimum atomic E-state index is -0.568. The smallest absolute Gasteiger partial charge is 0.252 e. The van der Waals surface area contributed by atoms with Gasteiger partial charge in [0.15, 0.2) is 0 Å². The minimum absolute atomic E-state index is 0.311. The number of halogens is 1. The molecular weight excluding hydrogens is 312 g/mol. The second-order valence-electron chi connectivity index (χ2n) is 4.80. The van der Waals surface area contributed by atoms with Crippen LogP contribution in [0.4, 0.5) is 0 Å². The summed E-state index contributed by atoms with van der Waals surface area (Å²) in [4.78, 5) is 11.5. The van der Waals surface area contributed by atoms with Crippen LogP contribution in [0, 0.1) is 0 Å². The lowest BCUT2D eigenvalue weighted by atomic mass is 10.2. The standard InChI is InChI=1S/C19H13ClO3/c20-19(21)14-11-17(22-15-7-3-1-4-8-15)13-18(12-14)23-16-9-5-2-6-10-16/h1-13H. The van der Waals surface area contributed by atoms with Crippen LogP contribution in [0.15, 0.2) is 78.9 Å². The zero-order chi connectivity index (χ0) is 16.1. The highest BCUT2D eigenvalue weighted by Crippen LogP contribution is 2.30. The Balaban J connectivity index is 1.91. The number of benzene rings is 3. The summed E-state index contributed by atoms with van der Waals surface area (Å²) in [5.74, 6) is 2.29. The summed E-state index contributed by atoms with van der Waals surface area (Å²) in [6.45, 7) is 0. The van der Waals surface area contributed by atoms with Crippen molar-refractivity contribution >= 4 is 16.8 Å². The van der Waals surface area contributed by atoms with E-state index < -0.39 is 5.24 Å². The van der Waals surface area contributed by atoms with E-state index in [0.717, 1.165) is 0 Å². The molecule has 0 aromatic heterocycles. The van der Waals surface area contributed by atoms with E-state index in [9.17, 15) is 4.79 Å². The van der Waals surface area contributed by atoms with Gasteiger partial charge in [0.2, 0.25) is 0 Å². The average molecular weight is 325 g/mol. The molecule has 0 saturated heterocycles. The Bertz CT molecular complexity index is 742. The Kier molecular flexibility index (Phi) is 4.60. The monoisotopic (exact) mass is 324 g/mol. The van der Waals surface area contributed by atoms with Crippen LogP contribution in [0.25, 0.3) is 0 Å². The second-order valence-corrected chi connectivity index (χ2v) is 5.14. The summed E-state index contributed by atoms with van der Waals surface area (Å²) in [5.41, 5.74) is 0.311. The van der Waals surface area contributed by atoms with Crippen LogP contribution in [0.3, 0.4) is 0 Å². The minimum Gasteiger partial charge on any atom is -0.457 e. The lowest BCUT2D eigenvalue weighted by Gasteiger charge is -2.10. The van der Waals surface area contributed by atoms with Crippen LogP contribution in [0.5, 0.6) is 23.0 Å². The van der Waals surface area contributed by atoms with Crippen molar-refractivity contribution in [2.75, 3.05) is 0 Å². The largest absolute Gasteiger partial charge is 0.457 e. The number of hydrogen-bond donors (Lipinski definition) is 0. The van der Waals surface area contributed by atoms with Crippen molar-refractivity contribution < 1.29 is 14.3 Å². The predicted octanol–water partition coefficient (Wildman–Crippen LogP) is 5.65. The summed E-state index contributed by atoms with van der Waals surface area (Å²) in [7, 11) is 0. The first kappa shape index (κ1) is 15.1. The molecule has 0 spiro atoms. The third-order valence-electron chi connectivity index (χ3n) is 3.06. The molecule has 0 aliphatic rings. The Labute approximate surface area is 139 Å². The molecule has 114 valence electrons. The molecule has 0 fully saturated rings. The van der Waals surface area contributed by atoms with Gasteiger partial charge in [-0.2, -0.15) is 0 Å². The molecule has 0 bridgehead atoms. The highest BCUT2D eigenvalue weighted by Gasteiger charge is 2.09. The molecule has 23 heavy (non-hydrogen) atoms. The number of carbonyl (C=O) groups excluding carboxylic acids is 1. The molecule has 0 saturated carbocycles. The quantitative estimate of drug-likeness (QED) is 0.569. The van der Waals surface area contributed by atoms with E-state index in [1.54, 1.807) is 18.2 Å². The molecule has 0 amide bonds. The lowest BCUT2D eigenvalue weighted by Crippen LogP contribution is -1.93. The van der Waals surface area contributed by atoms with Gasteiger partial charge in [0.05, 0.1) is 0 Å². The van der Waals surface area contributed by atoms with Crippen molar-refractivity contribution in [2.24, 2.45) is 0 Å². The van der Waals surface area contributed by atoms with Crippen molar-refractivity contribution in [2.45, 2.75) is 0 Å². The maximum absolute atomic E-state index is 11.5. The van der Waals surface area contributed by atoms with Crippen LogP contribution in [-0.4, -0.2) is 5.24 Å². The van der Waals surface area contributed by atoms with Crippen molar-refractivity contribution in [1.82, 2.24) is 0 Å². The van der Waals surface area contributed by atoms with E-state index in [4.69, 9.17) is 21.1 Å². The molecule has 0 aliphatic heterocycles. The molecule has 0 atom stereocenters. The van der Waals surface area contributed by atoms with E-state index in [0.29, 0.717) is 28.6 Å². The van der Waals surface area contributed by atoms with Crippen LogP contribution in [0.1, 0.15) is 10.4 Å². The number of rotatable bonds is 5. The highest BCUT2D eigenvalue weighted by atomic mass is 35.5. The fraction of sp³-hybridized carbons (Fsp3) is 0. The third-order valence-corrected chi connectivity index (χ3v) is 3.28. The number of ether oxygens (including phenoxy) is 2. The zero-order valence-corrected chi connectivity index (χ0v) is 12.9.